The Morgan fingerprint density at radius 3 is 2.27 bits per heavy atom. The minimum absolute atomic E-state index is 0.000947. The van der Waals surface area contributed by atoms with Crippen molar-refractivity contribution < 1.29 is 14.3 Å². The zero-order valence-electron chi connectivity index (χ0n) is 24.1. The van der Waals surface area contributed by atoms with Gasteiger partial charge in [0.15, 0.2) is 6.61 Å². The van der Waals surface area contributed by atoms with E-state index in [1.165, 1.54) is 5.56 Å². The molecule has 40 heavy (non-hydrogen) atoms. The molecule has 0 saturated heterocycles. The largest absolute Gasteiger partial charge is 0.483 e. The predicted octanol–water partition coefficient (Wildman–Crippen LogP) is 7.13. The van der Waals surface area contributed by atoms with Crippen molar-refractivity contribution in [2.24, 2.45) is 0 Å². The molecular weight excluding hydrogens is 564 g/mol. The molecule has 3 aromatic carbocycles. The maximum atomic E-state index is 13.9. The summed E-state index contributed by atoms with van der Waals surface area (Å²) in [5.41, 5.74) is 4.30. The number of nitrogens with zero attached hydrogens (tertiary/aromatic N) is 1. The average molecular weight is 606 g/mol. The molecule has 0 heterocycles. The molecule has 1 aliphatic rings. The molecule has 1 saturated carbocycles. The third-order valence-electron chi connectivity index (χ3n) is 7.60. The lowest BCUT2D eigenvalue weighted by Gasteiger charge is -2.32. The monoisotopic (exact) mass is 604 g/mol. The normalized spacial score (nSPS) is 14.5. The second-order valence-electron chi connectivity index (χ2n) is 11.9. The van der Waals surface area contributed by atoms with Crippen LogP contribution in [-0.4, -0.2) is 35.4 Å². The van der Waals surface area contributed by atoms with E-state index in [1.807, 2.05) is 79.7 Å². The van der Waals surface area contributed by atoms with Crippen LogP contribution in [0.1, 0.15) is 68.7 Å². The Morgan fingerprint density at radius 1 is 0.975 bits per heavy atom. The Kier molecular flexibility index (Phi) is 10.1. The molecule has 5 nitrogen and oxygen atoms in total. The number of hydrogen-bond donors (Lipinski definition) is 1. The maximum Gasteiger partial charge on any atom is 0.261 e. The lowest BCUT2D eigenvalue weighted by Crippen LogP contribution is -2.53. The van der Waals surface area contributed by atoms with Gasteiger partial charge < -0.3 is 15.0 Å². The third kappa shape index (κ3) is 8.20. The van der Waals surface area contributed by atoms with Gasteiger partial charge in [-0.05, 0) is 69.9 Å². The van der Waals surface area contributed by atoms with Gasteiger partial charge in [0.05, 0.1) is 4.47 Å². The number of aryl methyl sites for hydroxylation is 1. The zero-order chi connectivity index (χ0) is 28.7. The SMILES string of the molecule is Cc1ccc(CN(C(=O)COc2ccc(C(C)(C)C)cc2Br)[C@@H](Cc2ccccc2)C(=O)NC2CCCC2)cc1. The van der Waals surface area contributed by atoms with Gasteiger partial charge in [-0.25, -0.2) is 0 Å². The Bertz CT molecular complexity index is 1280. The van der Waals surface area contributed by atoms with E-state index < -0.39 is 6.04 Å². The van der Waals surface area contributed by atoms with E-state index in [4.69, 9.17) is 4.74 Å². The minimum atomic E-state index is -0.660. The van der Waals surface area contributed by atoms with E-state index in [0.717, 1.165) is 46.8 Å². The van der Waals surface area contributed by atoms with Crippen LogP contribution in [0.5, 0.6) is 5.75 Å². The van der Waals surface area contributed by atoms with E-state index >= 15 is 0 Å². The first-order chi connectivity index (χ1) is 19.1. The number of amides is 2. The van der Waals surface area contributed by atoms with Crippen molar-refractivity contribution >= 4 is 27.7 Å². The summed E-state index contributed by atoms with van der Waals surface area (Å²) in [4.78, 5) is 29.4. The molecule has 0 aliphatic heterocycles. The van der Waals surface area contributed by atoms with Crippen molar-refractivity contribution in [2.45, 2.75) is 83.8 Å². The van der Waals surface area contributed by atoms with Gasteiger partial charge in [0.25, 0.3) is 5.91 Å². The summed E-state index contributed by atoms with van der Waals surface area (Å²) < 4.78 is 6.85. The molecule has 1 aliphatic carbocycles. The minimum Gasteiger partial charge on any atom is -0.483 e. The van der Waals surface area contributed by atoms with Gasteiger partial charge >= 0.3 is 0 Å². The first kappa shape index (κ1) is 29.9. The molecular formula is C34H41BrN2O3. The zero-order valence-corrected chi connectivity index (χ0v) is 25.7. The Morgan fingerprint density at radius 2 is 1.65 bits per heavy atom. The van der Waals surface area contributed by atoms with E-state index in [1.54, 1.807) is 4.90 Å². The number of halogens is 1. The Hall–Kier alpha value is -3.12. The number of ether oxygens (including phenoxy) is 1. The Balaban J connectivity index is 1.60. The number of benzene rings is 3. The summed E-state index contributed by atoms with van der Waals surface area (Å²) in [7, 11) is 0. The van der Waals surface area contributed by atoms with Crippen LogP contribution in [0.3, 0.4) is 0 Å². The average Bonchev–Trinajstić information content (AvgIpc) is 3.44. The first-order valence-electron chi connectivity index (χ1n) is 14.2. The lowest BCUT2D eigenvalue weighted by molar-refractivity contribution is -0.143. The van der Waals surface area contributed by atoms with Crippen LogP contribution in [0.15, 0.2) is 77.3 Å². The quantitative estimate of drug-likeness (QED) is 0.268. The van der Waals surface area contributed by atoms with Crippen LogP contribution in [0.4, 0.5) is 0 Å². The molecule has 0 aromatic heterocycles. The van der Waals surface area contributed by atoms with Crippen molar-refractivity contribution in [1.82, 2.24) is 10.2 Å². The van der Waals surface area contributed by atoms with Crippen LogP contribution < -0.4 is 10.1 Å². The van der Waals surface area contributed by atoms with Crippen LogP contribution in [0, 0.1) is 6.92 Å². The number of rotatable bonds is 10. The molecule has 3 aromatic rings. The fraction of sp³-hybridized carbons (Fsp3) is 0.412. The molecule has 0 spiro atoms. The van der Waals surface area contributed by atoms with Gasteiger partial charge in [-0.15, -0.1) is 0 Å². The lowest BCUT2D eigenvalue weighted by atomic mass is 9.87. The van der Waals surface area contributed by atoms with Crippen molar-refractivity contribution in [2.75, 3.05) is 6.61 Å². The van der Waals surface area contributed by atoms with E-state index in [9.17, 15) is 9.59 Å². The van der Waals surface area contributed by atoms with Gasteiger partial charge in [0.2, 0.25) is 5.91 Å². The van der Waals surface area contributed by atoms with Crippen molar-refractivity contribution in [3.05, 3.63) is 99.5 Å². The Labute approximate surface area is 247 Å². The second kappa shape index (κ2) is 13.5. The van der Waals surface area contributed by atoms with Crippen molar-refractivity contribution in [3.8, 4) is 5.75 Å². The highest BCUT2D eigenvalue weighted by Gasteiger charge is 2.32. The molecule has 0 bridgehead atoms. The predicted molar refractivity (Wildman–Crippen MR) is 164 cm³/mol. The maximum absolute atomic E-state index is 13.9. The molecule has 0 unspecified atom stereocenters. The highest BCUT2D eigenvalue weighted by atomic mass is 79.9. The molecule has 2 amide bonds. The van der Waals surface area contributed by atoms with Crippen LogP contribution in [0.25, 0.3) is 0 Å². The third-order valence-corrected chi connectivity index (χ3v) is 8.21. The van der Waals surface area contributed by atoms with E-state index in [0.29, 0.717) is 18.7 Å². The van der Waals surface area contributed by atoms with Gasteiger partial charge in [-0.3, -0.25) is 9.59 Å². The molecule has 212 valence electrons. The van der Waals surface area contributed by atoms with Gasteiger partial charge in [-0.2, -0.15) is 0 Å². The van der Waals surface area contributed by atoms with Crippen LogP contribution >= 0.6 is 15.9 Å². The smallest absolute Gasteiger partial charge is 0.261 e. The number of nitrogens with one attached hydrogen (secondary N) is 1. The number of carbonyl (C=O) groups is 2. The van der Waals surface area contributed by atoms with Gasteiger partial charge in [0.1, 0.15) is 11.8 Å². The van der Waals surface area contributed by atoms with Crippen LogP contribution in [0.2, 0.25) is 0 Å². The number of carbonyl (C=O) groups excluding carboxylic acids is 2. The van der Waals surface area contributed by atoms with Gasteiger partial charge in [-0.1, -0.05) is 99.8 Å². The fourth-order valence-corrected chi connectivity index (χ4v) is 5.61. The summed E-state index contributed by atoms with van der Waals surface area (Å²) in [5, 5.41) is 3.25. The van der Waals surface area contributed by atoms with Crippen molar-refractivity contribution in [3.63, 3.8) is 0 Å². The second-order valence-corrected chi connectivity index (χ2v) is 12.7. The van der Waals surface area contributed by atoms with Gasteiger partial charge in [0, 0.05) is 19.0 Å². The highest BCUT2D eigenvalue weighted by molar-refractivity contribution is 9.10. The molecule has 4 rings (SSSR count). The highest BCUT2D eigenvalue weighted by Crippen LogP contribution is 2.31. The van der Waals surface area contributed by atoms with Crippen LogP contribution in [-0.2, 0) is 28.0 Å². The summed E-state index contributed by atoms with van der Waals surface area (Å²) in [6.45, 7) is 8.67. The van der Waals surface area contributed by atoms with Crippen molar-refractivity contribution in [1.29, 1.82) is 0 Å². The molecule has 1 atom stereocenters. The molecule has 1 fully saturated rings. The summed E-state index contributed by atoms with van der Waals surface area (Å²) in [6.07, 6.45) is 4.64. The van der Waals surface area contributed by atoms with E-state index in [-0.39, 0.29) is 29.9 Å². The standard InChI is InChI=1S/C34H41BrN2O3/c1-24-14-16-26(17-15-24)22-37(32(38)23-40-31-19-18-27(21-29(31)35)34(2,3)4)30(20-25-10-6-5-7-11-25)33(39)36-28-12-8-9-13-28/h5-7,10-11,14-19,21,28,30H,8-9,12-13,20,22-23H2,1-4H3,(H,36,39)/t30-/m0/s1. The topological polar surface area (TPSA) is 58.6 Å². The summed E-state index contributed by atoms with van der Waals surface area (Å²) in [5.74, 6) is 0.272. The molecule has 6 heteroatoms. The first-order valence-corrected chi connectivity index (χ1v) is 15.0. The number of hydrogen-bond acceptors (Lipinski definition) is 3. The molecule has 0 radical (unpaired) electrons. The molecule has 1 N–H and O–H groups in total. The summed E-state index contributed by atoms with van der Waals surface area (Å²) in [6, 6.07) is 23.5. The fourth-order valence-electron chi connectivity index (χ4n) is 5.12. The summed E-state index contributed by atoms with van der Waals surface area (Å²) >= 11 is 3.62. The van der Waals surface area contributed by atoms with E-state index in [2.05, 4.69) is 42.0 Å².